The molecule has 7 heteroatoms. The van der Waals surface area contributed by atoms with Gasteiger partial charge in [-0.25, -0.2) is 4.98 Å². The average Bonchev–Trinajstić information content (AvgIpc) is 2.91. The van der Waals surface area contributed by atoms with Gasteiger partial charge in [-0.15, -0.1) is 0 Å². The van der Waals surface area contributed by atoms with Crippen LogP contribution < -0.4 is 4.74 Å². The van der Waals surface area contributed by atoms with Gasteiger partial charge < -0.3 is 19.3 Å². The van der Waals surface area contributed by atoms with E-state index in [0.29, 0.717) is 13.0 Å². The van der Waals surface area contributed by atoms with E-state index in [1.54, 1.807) is 6.92 Å². The van der Waals surface area contributed by atoms with Crippen molar-refractivity contribution in [3.05, 3.63) is 89.7 Å². The molecule has 1 N–H and O–H groups in total. The van der Waals surface area contributed by atoms with Gasteiger partial charge in [-0.05, 0) is 38.3 Å². The van der Waals surface area contributed by atoms with E-state index in [-0.39, 0.29) is 29.5 Å². The summed E-state index contributed by atoms with van der Waals surface area (Å²) in [6, 6.07) is 21.4. The fourth-order valence-electron chi connectivity index (χ4n) is 4.44. The minimum absolute atomic E-state index is 0.130. The van der Waals surface area contributed by atoms with Gasteiger partial charge in [-0.2, -0.15) is 0 Å². The summed E-state index contributed by atoms with van der Waals surface area (Å²) in [6.07, 6.45) is 1.37. The summed E-state index contributed by atoms with van der Waals surface area (Å²) in [5.41, 5.74) is 1.42. The molecule has 0 saturated heterocycles. The summed E-state index contributed by atoms with van der Waals surface area (Å²) in [4.78, 5) is 29.8. The number of carbonyl (C=O) groups excluding carboxylic acids is 2. The molecule has 38 heavy (non-hydrogen) atoms. The van der Waals surface area contributed by atoms with Crippen molar-refractivity contribution in [2.24, 2.45) is 11.8 Å². The first-order valence-electron chi connectivity index (χ1n) is 12.8. The minimum Gasteiger partial charge on any atom is -0.503 e. The highest BCUT2D eigenvalue weighted by Gasteiger charge is 2.37. The molecule has 0 radical (unpaired) electrons. The van der Waals surface area contributed by atoms with Crippen LogP contribution in [0.3, 0.4) is 0 Å². The zero-order chi connectivity index (χ0) is 27.7. The number of rotatable bonds is 13. The molecule has 3 rings (SSSR count). The van der Waals surface area contributed by atoms with Crippen LogP contribution in [0.2, 0.25) is 0 Å². The number of esters is 1. The Kier molecular flexibility index (Phi) is 10.0. The lowest BCUT2D eigenvalue weighted by Gasteiger charge is -2.38. The lowest BCUT2D eigenvalue weighted by molar-refractivity contribution is -0.164. The van der Waals surface area contributed by atoms with Crippen LogP contribution in [-0.2, 0) is 27.3 Å². The van der Waals surface area contributed by atoms with Crippen molar-refractivity contribution in [2.45, 2.75) is 58.8 Å². The highest BCUT2D eigenvalue weighted by Crippen LogP contribution is 2.32. The van der Waals surface area contributed by atoms with Crippen molar-refractivity contribution in [2.75, 3.05) is 7.11 Å². The Morgan fingerprint density at radius 2 is 1.55 bits per heavy atom. The van der Waals surface area contributed by atoms with Crippen LogP contribution in [0.15, 0.2) is 72.9 Å². The van der Waals surface area contributed by atoms with E-state index in [9.17, 15) is 14.7 Å². The normalized spacial score (nSPS) is 13.8. The summed E-state index contributed by atoms with van der Waals surface area (Å²) < 4.78 is 17.3. The number of pyridine rings is 1. The second-order valence-electron chi connectivity index (χ2n) is 10.1. The summed E-state index contributed by atoms with van der Waals surface area (Å²) in [6.45, 7) is 7.95. The van der Waals surface area contributed by atoms with Crippen molar-refractivity contribution < 1.29 is 28.9 Å². The van der Waals surface area contributed by atoms with Crippen LogP contribution in [0.25, 0.3) is 0 Å². The first-order valence-corrected chi connectivity index (χ1v) is 12.8. The van der Waals surface area contributed by atoms with Crippen LogP contribution in [-0.4, -0.2) is 40.7 Å². The number of aromatic nitrogens is 1. The van der Waals surface area contributed by atoms with Crippen molar-refractivity contribution in [1.82, 2.24) is 4.98 Å². The second kappa shape index (κ2) is 13.2. The number of Topliss-reactive ketones (excluding diaryl/α,β-unsaturated/α-hetero) is 1. The van der Waals surface area contributed by atoms with Gasteiger partial charge >= 0.3 is 5.97 Å². The van der Waals surface area contributed by atoms with Gasteiger partial charge in [0.2, 0.25) is 0 Å². The maximum atomic E-state index is 13.1. The van der Waals surface area contributed by atoms with E-state index in [1.807, 2.05) is 81.4 Å². The number of hydrogen-bond acceptors (Lipinski definition) is 7. The molecule has 0 unspecified atom stereocenters. The van der Waals surface area contributed by atoms with E-state index in [0.717, 1.165) is 11.1 Å². The van der Waals surface area contributed by atoms with Crippen LogP contribution in [0, 0.1) is 11.8 Å². The Morgan fingerprint density at radius 3 is 2.16 bits per heavy atom. The van der Waals surface area contributed by atoms with Crippen molar-refractivity contribution in [1.29, 1.82) is 0 Å². The highest BCUT2D eigenvalue weighted by atomic mass is 16.5. The molecule has 202 valence electrons. The van der Waals surface area contributed by atoms with Gasteiger partial charge in [0, 0.05) is 24.6 Å². The molecule has 0 amide bonds. The monoisotopic (exact) mass is 519 g/mol. The van der Waals surface area contributed by atoms with Crippen LogP contribution >= 0.6 is 0 Å². The van der Waals surface area contributed by atoms with Gasteiger partial charge in [0.25, 0.3) is 0 Å². The Balaban J connectivity index is 1.71. The van der Waals surface area contributed by atoms with Crippen molar-refractivity contribution >= 4 is 11.8 Å². The summed E-state index contributed by atoms with van der Waals surface area (Å²) in [5.74, 6) is -2.05. The lowest BCUT2D eigenvalue weighted by Crippen LogP contribution is -2.44. The molecular weight excluding hydrogens is 482 g/mol. The minimum atomic E-state index is -0.733. The zero-order valence-electron chi connectivity index (χ0n) is 22.7. The van der Waals surface area contributed by atoms with E-state index in [2.05, 4.69) is 4.98 Å². The number of ketones is 1. The predicted octanol–water partition coefficient (Wildman–Crippen LogP) is 5.79. The van der Waals surface area contributed by atoms with Crippen LogP contribution in [0.1, 0.15) is 55.7 Å². The third-order valence-electron chi connectivity index (χ3n) is 6.78. The summed E-state index contributed by atoms with van der Waals surface area (Å²) in [5, 5.41) is 10.3. The summed E-state index contributed by atoms with van der Waals surface area (Å²) >= 11 is 0. The van der Waals surface area contributed by atoms with Gasteiger partial charge in [0.15, 0.2) is 23.0 Å². The molecule has 1 heterocycles. The number of methoxy groups -OCH3 is 1. The fourth-order valence-corrected chi connectivity index (χ4v) is 4.44. The maximum Gasteiger partial charge on any atom is 0.309 e. The average molecular weight is 520 g/mol. The first-order chi connectivity index (χ1) is 18.1. The second-order valence-corrected chi connectivity index (χ2v) is 10.1. The van der Waals surface area contributed by atoms with Gasteiger partial charge in [-0.1, -0.05) is 67.6 Å². The quantitative estimate of drug-likeness (QED) is 0.226. The molecule has 0 saturated carbocycles. The standard InChI is InChI=1S/C31H37NO6/c1-21(18-26(33)28-29(34)27(36-5)16-17-32-28)30(35)38-22(2)25(19-23-12-8-6-9-13-23)31(3,4)37-20-24-14-10-7-11-15-24/h6-17,21-22,25,34H,18-20H2,1-5H3/t21-,22+,25+/m1/s1. The topological polar surface area (TPSA) is 95.0 Å². The molecule has 0 fully saturated rings. The Bertz CT molecular complexity index is 1200. The molecule has 2 aromatic carbocycles. The molecule has 0 aliphatic carbocycles. The van der Waals surface area contributed by atoms with Crippen molar-refractivity contribution in [3.8, 4) is 11.5 Å². The van der Waals surface area contributed by atoms with Crippen molar-refractivity contribution in [3.63, 3.8) is 0 Å². The number of nitrogens with zero attached hydrogens (tertiary/aromatic N) is 1. The molecular formula is C31H37NO6. The molecule has 7 nitrogen and oxygen atoms in total. The Labute approximate surface area is 224 Å². The zero-order valence-corrected chi connectivity index (χ0v) is 22.7. The van der Waals surface area contributed by atoms with E-state index in [4.69, 9.17) is 14.2 Å². The molecule has 1 aromatic heterocycles. The highest BCUT2D eigenvalue weighted by molar-refractivity contribution is 5.99. The fraction of sp³-hybridized carbons (Fsp3) is 0.387. The number of benzene rings is 2. The number of aromatic hydroxyl groups is 1. The Hall–Kier alpha value is -3.71. The molecule has 0 aliphatic heterocycles. The smallest absolute Gasteiger partial charge is 0.309 e. The number of ether oxygens (including phenoxy) is 3. The molecule has 0 spiro atoms. The van der Waals surface area contributed by atoms with E-state index >= 15 is 0 Å². The number of carbonyl (C=O) groups is 2. The first kappa shape index (κ1) is 28.9. The predicted molar refractivity (Wildman–Crippen MR) is 145 cm³/mol. The van der Waals surface area contributed by atoms with Crippen LogP contribution in [0.4, 0.5) is 0 Å². The third kappa shape index (κ3) is 7.65. The SMILES string of the molecule is COc1ccnc(C(=O)C[C@@H](C)C(=O)O[C@@H](C)[C@H](Cc2ccccc2)C(C)(C)OCc2ccccc2)c1O. The van der Waals surface area contributed by atoms with Gasteiger partial charge in [-0.3, -0.25) is 9.59 Å². The number of hydrogen-bond donors (Lipinski definition) is 1. The Morgan fingerprint density at radius 1 is 0.947 bits per heavy atom. The third-order valence-corrected chi connectivity index (χ3v) is 6.78. The lowest BCUT2D eigenvalue weighted by atomic mass is 9.81. The summed E-state index contributed by atoms with van der Waals surface area (Å²) in [7, 11) is 1.39. The van der Waals surface area contributed by atoms with E-state index in [1.165, 1.54) is 19.4 Å². The molecule has 0 bridgehead atoms. The largest absolute Gasteiger partial charge is 0.503 e. The molecule has 3 aromatic rings. The molecule has 3 atom stereocenters. The van der Waals surface area contributed by atoms with Gasteiger partial charge in [0.1, 0.15) is 6.10 Å². The van der Waals surface area contributed by atoms with E-state index < -0.39 is 29.4 Å². The van der Waals surface area contributed by atoms with Gasteiger partial charge in [0.05, 0.1) is 25.2 Å². The van der Waals surface area contributed by atoms with Crippen LogP contribution in [0.5, 0.6) is 11.5 Å². The molecule has 0 aliphatic rings. The maximum absolute atomic E-state index is 13.1.